The van der Waals surface area contributed by atoms with Crippen molar-refractivity contribution >= 4 is 80.3 Å². The number of halogens is 4. The number of carbonyl (C=O) groups is 3. The van der Waals surface area contributed by atoms with Crippen LogP contribution in [0.3, 0.4) is 0 Å². The molecule has 0 saturated carbocycles. The van der Waals surface area contributed by atoms with Crippen LogP contribution < -0.4 is 19.7 Å². The summed E-state index contributed by atoms with van der Waals surface area (Å²) in [5, 5.41) is 3.19. The smallest absolute Gasteiger partial charge is 0.335 e. The first-order valence-electron chi connectivity index (χ1n) is 10.3. The zero-order valence-corrected chi connectivity index (χ0v) is 22.3. The standard InChI is InChI=1S/C25H16BrCl3N2O5/c1-35-21-11-14(10-20(29)22(21)36-12-13-2-7-18(27)19(28)9-13)8-17-23(32)30-25(34)31(24(17)33)16-5-3-15(26)4-6-16/h2-11H,12H2,1H3,(H,30,32,34)/b17-8+. The van der Waals surface area contributed by atoms with Crippen LogP contribution in [0.2, 0.25) is 15.1 Å². The average Bonchev–Trinajstić information content (AvgIpc) is 2.84. The van der Waals surface area contributed by atoms with Gasteiger partial charge in [0.15, 0.2) is 11.5 Å². The van der Waals surface area contributed by atoms with Gasteiger partial charge in [-0.3, -0.25) is 14.9 Å². The SMILES string of the molecule is COc1cc(/C=C2\C(=O)NC(=O)N(c3ccc(Br)cc3)C2=O)cc(Cl)c1OCc1ccc(Cl)c(Cl)c1. The van der Waals surface area contributed by atoms with E-state index in [1.165, 1.54) is 19.3 Å². The Balaban J connectivity index is 1.63. The lowest BCUT2D eigenvalue weighted by molar-refractivity contribution is -0.122. The molecular weight excluding hydrogens is 595 g/mol. The lowest BCUT2D eigenvalue weighted by Gasteiger charge is -2.26. The summed E-state index contributed by atoms with van der Waals surface area (Å²) < 4.78 is 12.0. The molecule has 1 heterocycles. The molecule has 0 unspecified atom stereocenters. The zero-order chi connectivity index (χ0) is 26.0. The Morgan fingerprint density at radius 2 is 1.67 bits per heavy atom. The van der Waals surface area contributed by atoms with Crippen molar-refractivity contribution in [3.63, 3.8) is 0 Å². The van der Waals surface area contributed by atoms with Crippen LogP contribution in [0, 0.1) is 0 Å². The summed E-state index contributed by atoms with van der Waals surface area (Å²) in [5.41, 5.74) is 1.21. The van der Waals surface area contributed by atoms with E-state index in [4.69, 9.17) is 44.3 Å². The minimum atomic E-state index is -0.842. The first kappa shape index (κ1) is 26.0. The number of hydrogen-bond acceptors (Lipinski definition) is 5. The second-order valence-corrected chi connectivity index (χ2v) is 9.64. The fraction of sp³-hybridized carbons (Fsp3) is 0.0800. The molecule has 4 rings (SSSR count). The molecule has 0 atom stereocenters. The first-order chi connectivity index (χ1) is 17.2. The molecular formula is C25H16BrCl3N2O5. The van der Waals surface area contributed by atoms with Gasteiger partial charge in [-0.2, -0.15) is 0 Å². The van der Waals surface area contributed by atoms with Gasteiger partial charge in [-0.15, -0.1) is 0 Å². The number of barbiturate groups is 1. The second-order valence-electron chi connectivity index (χ2n) is 7.51. The Hall–Kier alpha value is -3.04. The molecule has 0 spiro atoms. The lowest BCUT2D eigenvalue weighted by atomic mass is 10.1. The minimum absolute atomic E-state index is 0.137. The number of amides is 4. The molecule has 1 N–H and O–H groups in total. The number of ether oxygens (including phenoxy) is 2. The molecule has 0 aromatic heterocycles. The fourth-order valence-corrected chi connectivity index (χ4v) is 4.26. The van der Waals surface area contributed by atoms with Gasteiger partial charge in [0.05, 0.1) is 27.9 Å². The maximum atomic E-state index is 13.1. The lowest BCUT2D eigenvalue weighted by Crippen LogP contribution is -2.54. The summed E-state index contributed by atoms with van der Waals surface area (Å²) in [6.07, 6.45) is 1.33. The molecule has 11 heteroatoms. The second kappa shape index (κ2) is 10.9. The number of carbonyl (C=O) groups excluding carboxylic acids is 3. The third kappa shape index (κ3) is 5.52. The molecule has 4 amide bonds. The number of nitrogens with one attached hydrogen (secondary N) is 1. The highest BCUT2D eigenvalue weighted by atomic mass is 79.9. The Labute approximate surface area is 229 Å². The predicted molar refractivity (Wildman–Crippen MR) is 142 cm³/mol. The van der Waals surface area contributed by atoms with Crippen LogP contribution >= 0.6 is 50.7 Å². The molecule has 1 fully saturated rings. The van der Waals surface area contributed by atoms with Crippen molar-refractivity contribution in [1.82, 2.24) is 5.32 Å². The van der Waals surface area contributed by atoms with E-state index in [0.29, 0.717) is 21.3 Å². The van der Waals surface area contributed by atoms with Gasteiger partial charge in [-0.25, -0.2) is 9.69 Å². The van der Waals surface area contributed by atoms with E-state index >= 15 is 0 Å². The summed E-state index contributed by atoms with van der Waals surface area (Å²) in [6.45, 7) is 0.137. The molecule has 7 nitrogen and oxygen atoms in total. The third-order valence-electron chi connectivity index (χ3n) is 5.12. The van der Waals surface area contributed by atoms with Crippen LogP contribution in [0.1, 0.15) is 11.1 Å². The summed E-state index contributed by atoms with van der Waals surface area (Å²) in [4.78, 5) is 38.9. The van der Waals surface area contributed by atoms with Gasteiger partial charge < -0.3 is 9.47 Å². The van der Waals surface area contributed by atoms with Gasteiger partial charge in [-0.05, 0) is 65.7 Å². The van der Waals surface area contributed by atoms with E-state index < -0.39 is 17.8 Å². The van der Waals surface area contributed by atoms with Gasteiger partial charge in [-0.1, -0.05) is 56.8 Å². The van der Waals surface area contributed by atoms with Crippen LogP contribution in [0.5, 0.6) is 11.5 Å². The molecule has 1 aliphatic rings. The van der Waals surface area contributed by atoms with Crippen molar-refractivity contribution in [2.45, 2.75) is 6.61 Å². The van der Waals surface area contributed by atoms with Crippen molar-refractivity contribution in [2.24, 2.45) is 0 Å². The van der Waals surface area contributed by atoms with Crippen molar-refractivity contribution in [2.75, 3.05) is 12.0 Å². The quantitative estimate of drug-likeness (QED) is 0.249. The number of anilines is 1. The molecule has 1 aliphatic heterocycles. The van der Waals surface area contributed by atoms with Crippen LogP contribution in [-0.4, -0.2) is 25.0 Å². The number of nitrogens with zero attached hydrogens (tertiary/aromatic N) is 1. The fourth-order valence-electron chi connectivity index (χ4n) is 3.40. The summed E-state index contributed by atoms with van der Waals surface area (Å²) in [7, 11) is 1.43. The van der Waals surface area contributed by atoms with E-state index in [9.17, 15) is 14.4 Å². The average molecular weight is 611 g/mol. The van der Waals surface area contributed by atoms with E-state index in [-0.39, 0.29) is 28.7 Å². The van der Waals surface area contributed by atoms with E-state index in [1.54, 1.807) is 48.5 Å². The topological polar surface area (TPSA) is 84.9 Å². The van der Waals surface area contributed by atoms with Crippen LogP contribution in [0.25, 0.3) is 6.08 Å². The molecule has 0 aliphatic carbocycles. The molecule has 0 radical (unpaired) electrons. The number of urea groups is 1. The Morgan fingerprint density at radius 3 is 2.33 bits per heavy atom. The van der Waals surface area contributed by atoms with Crippen molar-refractivity contribution < 1.29 is 23.9 Å². The largest absolute Gasteiger partial charge is 0.493 e. The molecule has 36 heavy (non-hydrogen) atoms. The van der Waals surface area contributed by atoms with Crippen molar-refractivity contribution in [3.8, 4) is 11.5 Å². The molecule has 3 aromatic carbocycles. The Morgan fingerprint density at radius 1 is 0.944 bits per heavy atom. The van der Waals surface area contributed by atoms with Gasteiger partial charge in [0.25, 0.3) is 11.8 Å². The Kier molecular flexibility index (Phi) is 7.90. The molecule has 0 bridgehead atoms. The highest BCUT2D eigenvalue weighted by Crippen LogP contribution is 2.38. The third-order valence-corrected chi connectivity index (χ3v) is 6.66. The number of methoxy groups -OCH3 is 1. The summed E-state index contributed by atoms with van der Waals surface area (Å²) in [5.74, 6) is -1.06. The molecule has 3 aromatic rings. The number of rotatable bonds is 6. The normalized spacial score (nSPS) is 14.8. The first-order valence-corrected chi connectivity index (χ1v) is 12.2. The van der Waals surface area contributed by atoms with Crippen molar-refractivity contribution in [1.29, 1.82) is 0 Å². The van der Waals surface area contributed by atoms with E-state index in [0.717, 1.165) is 14.9 Å². The van der Waals surface area contributed by atoms with Crippen LogP contribution in [-0.2, 0) is 16.2 Å². The maximum Gasteiger partial charge on any atom is 0.335 e. The van der Waals surface area contributed by atoms with Gasteiger partial charge in [0.2, 0.25) is 0 Å². The maximum absolute atomic E-state index is 13.1. The van der Waals surface area contributed by atoms with Gasteiger partial charge in [0.1, 0.15) is 12.2 Å². The number of hydrogen-bond donors (Lipinski definition) is 1. The summed E-state index contributed by atoms with van der Waals surface area (Å²) in [6, 6.07) is 13.8. The minimum Gasteiger partial charge on any atom is -0.493 e. The van der Waals surface area contributed by atoms with E-state index in [2.05, 4.69) is 21.2 Å². The highest BCUT2D eigenvalue weighted by Gasteiger charge is 2.36. The molecule has 184 valence electrons. The predicted octanol–water partition coefficient (Wildman–Crippen LogP) is 6.66. The van der Waals surface area contributed by atoms with Crippen LogP contribution in [0.4, 0.5) is 10.5 Å². The Bertz CT molecular complexity index is 1410. The van der Waals surface area contributed by atoms with E-state index in [1.807, 2.05) is 0 Å². The van der Waals surface area contributed by atoms with Crippen LogP contribution in [0.15, 0.2) is 64.6 Å². The number of benzene rings is 3. The van der Waals surface area contributed by atoms with Gasteiger partial charge in [0, 0.05) is 4.47 Å². The summed E-state index contributed by atoms with van der Waals surface area (Å²) >= 11 is 21.8. The molecule has 1 saturated heterocycles. The zero-order valence-electron chi connectivity index (χ0n) is 18.5. The number of imide groups is 2. The van der Waals surface area contributed by atoms with Crippen molar-refractivity contribution in [3.05, 3.63) is 90.8 Å². The highest BCUT2D eigenvalue weighted by molar-refractivity contribution is 9.10. The monoisotopic (exact) mass is 608 g/mol. The van der Waals surface area contributed by atoms with Gasteiger partial charge >= 0.3 is 6.03 Å².